The first-order chi connectivity index (χ1) is 14.0. The first-order valence-corrected chi connectivity index (χ1v) is 11.4. The number of methoxy groups -OCH3 is 1. The van der Waals surface area contributed by atoms with Crippen molar-refractivity contribution in [2.75, 3.05) is 20.2 Å². The van der Waals surface area contributed by atoms with Crippen LogP contribution in [0.4, 0.5) is 4.39 Å². The molecule has 8 nitrogen and oxygen atoms in total. The highest BCUT2D eigenvalue weighted by molar-refractivity contribution is 7.89. The molecule has 0 radical (unpaired) electrons. The van der Waals surface area contributed by atoms with Gasteiger partial charge < -0.3 is 4.74 Å². The predicted molar refractivity (Wildman–Crippen MR) is 106 cm³/mol. The van der Waals surface area contributed by atoms with Crippen molar-refractivity contribution in [1.82, 2.24) is 24.5 Å². The predicted octanol–water partition coefficient (Wildman–Crippen LogP) is 2.65. The molecule has 1 fully saturated rings. The second-order valence-corrected chi connectivity index (χ2v) is 9.70. The monoisotopic (exact) mass is 437 g/mol. The molecule has 0 amide bonds. The zero-order valence-corrected chi connectivity index (χ0v) is 17.4. The number of thiophene rings is 1. The second-order valence-electron chi connectivity index (χ2n) is 6.81. The maximum Gasteiger partial charge on any atom is 0.243 e. The van der Waals surface area contributed by atoms with Crippen LogP contribution in [-0.4, -0.2) is 53.1 Å². The van der Waals surface area contributed by atoms with E-state index >= 15 is 0 Å². The molecule has 1 saturated heterocycles. The van der Waals surface area contributed by atoms with Crippen LogP contribution in [0.15, 0.2) is 40.6 Å². The highest BCUT2D eigenvalue weighted by atomic mass is 32.2. The summed E-state index contributed by atoms with van der Waals surface area (Å²) >= 11 is 1.54. The summed E-state index contributed by atoms with van der Waals surface area (Å²) in [7, 11) is -2.45. The van der Waals surface area contributed by atoms with Crippen molar-refractivity contribution >= 4 is 21.4 Å². The van der Waals surface area contributed by atoms with E-state index in [4.69, 9.17) is 4.74 Å². The quantitative estimate of drug-likeness (QED) is 0.589. The molecule has 0 aliphatic carbocycles. The van der Waals surface area contributed by atoms with E-state index in [1.165, 1.54) is 39.7 Å². The van der Waals surface area contributed by atoms with E-state index < -0.39 is 15.8 Å². The van der Waals surface area contributed by atoms with Crippen LogP contribution in [0, 0.1) is 11.7 Å². The van der Waals surface area contributed by atoms with Gasteiger partial charge in [-0.3, -0.25) is 0 Å². The SMILES string of the molecule is COc1ccc(S(=O)(=O)N2CCC[C@H](Cn3nnc(-c4cccs4)n3)C2)cc1F. The lowest BCUT2D eigenvalue weighted by Gasteiger charge is -2.31. The van der Waals surface area contributed by atoms with E-state index in [9.17, 15) is 12.8 Å². The van der Waals surface area contributed by atoms with Crippen molar-refractivity contribution in [2.24, 2.45) is 5.92 Å². The molecule has 0 saturated carbocycles. The summed E-state index contributed by atoms with van der Waals surface area (Å²) in [6.07, 6.45) is 1.58. The topological polar surface area (TPSA) is 90.2 Å². The molecule has 0 bridgehead atoms. The molecule has 0 unspecified atom stereocenters. The van der Waals surface area contributed by atoms with Gasteiger partial charge in [0, 0.05) is 13.1 Å². The normalized spacial score (nSPS) is 18.1. The van der Waals surface area contributed by atoms with Gasteiger partial charge in [-0.25, -0.2) is 12.8 Å². The molecule has 1 aliphatic rings. The number of rotatable bonds is 6. The molecule has 3 heterocycles. The van der Waals surface area contributed by atoms with Crippen LogP contribution in [0.2, 0.25) is 0 Å². The maximum atomic E-state index is 14.0. The van der Waals surface area contributed by atoms with E-state index in [1.807, 2.05) is 17.5 Å². The lowest BCUT2D eigenvalue weighted by Crippen LogP contribution is -2.41. The van der Waals surface area contributed by atoms with Gasteiger partial charge in [0.2, 0.25) is 15.8 Å². The van der Waals surface area contributed by atoms with Gasteiger partial charge in [0.1, 0.15) is 0 Å². The fourth-order valence-electron chi connectivity index (χ4n) is 3.41. The minimum absolute atomic E-state index is 0.0132. The Balaban J connectivity index is 1.47. The van der Waals surface area contributed by atoms with Gasteiger partial charge in [-0.15, -0.1) is 21.5 Å². The number of hydrogen-bond acceptors (Lipinski definition) is 7. The Bertz CT molecular complexity index is 1080. The van der Waals surface area contributed by atoms with Crippen LogP contribution in [-0.2, 0) is 16.6 Å². The van der Waals surface area contributed by atoms with Crippen LogP contribution in [0.5, 0.6) is 5.75 Å². The third-order valence-corrected chi connectivity index (χ3v) is 7.59. The van der Waals surface area contributed by atoms with Gasteiger partial charge in [0.05, 0.1) is 23.4 Å². The Labute approximate surface area is 172 Å². The van der Waals surface area contributed by atoms with E-state index in [0.29, 0.717) is 25.5 Å². The Morgan fingerprint density at radius 2 is 2.21 bits per heavy atom. The number of nitrogens with zero attached hydrogens (tertiary/aromatic N) is 5. The van der Waals surface area contributed by atoms with Gasteiger partial charge in [-0.05, 0) is 53.6 Å². The number of hydrogen-bond donors (Lipinski definition) is 0. The molecule has 2 aromatic heterocycles. The van der Waals surface area contributed by atoms with Crippen molar-refractivity contribution in [1.29, 1.82) is 0 Å². The summed E-state index contributed by atoms with van der Waals surface area (Å²) < 4.78 is 46.2. The van der Waals surface area contributed by atoms with Crippen molar-refractivity contribution in [3.63, 3.8) is 0 Å². The van der Waals surface area contributed by atoms with Crippen LogP contribution in [0.3, 0.4) is 0 Å². The first-order valence-electron chi connectivity index (χ1n) is 9.13. The molecule has 154 valence electrons. The average Bonchev–Trinajstić information content (AvgIpc) is 3.40. The van der Waals surface area contributed by atoms with Crippen LogP contribution < -0.4 is 4.74 Å². The van der Waals surface area contributed by atoms with E-state index in [0.717, 1.165) is 23.8 Å². The second kappa shape index (κ2) is 8.17. The first kappa shape index (κ1) is 19.9. The molecule has 0 N–H and O–H groups in total. The Hall–Kier alpha value is -2.37. The van der Waals surface area contributed by atoms with E-state index in [2.05, 4.69) is 15.4 Å². The number of aromatic nitrogens is 4. The van der Waals surface area contributed by atoms with Gasteiger partial charge in [-0.1, -0.05) is 6.07 Å². The lowest BCUT2D eigenvalue weighted by molar-refractivity contribution is 0.231. The minimum atomic E-state index is -3.79. The smallest absolute Gasteiger partial charge is 0.243 e. The minimum Gasteiger partial charge on any atom is -0.494 e. The summed E-state index contributed by atoms with van der Waals surface area (Å²) in [5.41, 5.74) is 0. The van der Waals surface area contributed by atoms with Gasteiger partial charge in [0.15, 0.2) is 11.6 Å². The summed E-state index contributed by atoms with van der Waals surface area (Å²) in [4.78, 5) is 2.38. The van der Waals surface area contributed by atoms with Crippen LogP contribution in [0.25, 0.3) is 10.7 Å². The highest BCUT2D eigenvalue weighted by Crippen LogP contribution is 2.27. The molecular weight excluding hydrogens is 417 g/mol. The number of benzene rings is 1. The number of tetrazole rings is 1. The van der Waals surface area contributed by atoms with Crippen molar-refractivity contribution < 1.29 is 17.5 Å². The number of halogens is 1. The molecule has 29 heavy (non-hydrogen) atoms. The highest BCUT2D eigenvalue weighted by Gasteiger charge is 2.31. The molecule has 11 heteroatoms. The summed E-state index contributed by atoms with van der Waals surface area (Å²) in [6, 6.07) is 7.55. The third kappa shape index (κ3) is 4.16. The Kier molecular flexibility index (Phi) is 5.61. The average molecular weight is 438 g/mol. The summed E-state index contributed by atoms with van der Waals surface area (Å²) in [6.45, 7) is 1.20. The van der Waals surface area contributed by atoms with Gasteiger partial charge >= 0.3 is 0 Å². The molecule has 3 aromatic rings. The fraction of sp³-hybridized carbons (Fsp3) is 0.389. The number of sulfonamides is 1. The van der Waals surface area contributed by atoms with E-state index in [1.54, 1.807) is 0 Å². The summed E-state index contributed by atoms with van der Waals surface area (Å²) in [5, 5.41) is 14.5. The molecule has 4 rings (SSSR count). The zero-order valence-electron chi connectivity index (χ0n) is 15.7. The zero-order chi connectivity index (χ0) is 20.4. The van der Waals surface area contributed by atoms with Crippen LogP contribution in [0.1, 0.15) is 12.8 Å². The summed E-state index contributed by atoms with van der Waals surface area (Å²) in [5.74, 6) is -0.0738. The Morgan fingerprint density at radius 3 is 2.93 bits per heavy atom. The largest absolute Gasteiger partial charge is 0.494 e. The standard InChI is InChI=1S/C18H20FN5O3S2/c1-27-16-7-6-14(10-15(16)19)29(25,26)23-8-2-4-13(11-23)12-24-21-18(20-22-24)17-5-3-9-28-17/h3,5-7,9-10,13H,2,4,8,11-12H2,1H3/t13-/m0/s1. The lowest BCUT2D eigenvalue weighted by atomic mass is 10.00. The molecule has 1 aromatic carbocycles. The van der Waals surface area contributed by atoms with Crippen LogP contribution >= 0.6 is 11.3 Å². The fourth-order valence-corrected chi connectivity index (χ4v) is 5.62. The van der Waals surface area contributed by atoms with Gasteiger partial charge in [0.25, 0.3) is 0 Å². The van der Waals surface area contributed by atoms with E-state index in [-0.39, 0.29) is 16.6 Å². The van der Waals surface area contributed by atoms with Crippen molar-refractivity contribution in [3.8, 4) is 16.5 Å². The molecular formula is C18H20FN5O3S2. The maximum absolute atomic E-state index is 14.0. The number of piperidine rings is 1. The molecule has 1 atom stereocenters. The molecule has 1 aliphatic heterocycles. The van der Waals surface area contributed by atoms with Crippen molar-refractivity contribution in [2.45, 2.75) is 24.3 Å². The van der Waals surface area contributed by atoms with Gasteiger partial charge in [-0.2, -0.15) is 9.10 Å². The Morgan fingerprint density at radius 1 is 1.34 bits per heavy atom. The number of ether oxygens (including phenoxy) is 1. The van der Waals surface area contributed by atoms with Crippen molar-refractivity contribution in [3.05, 3.63) is 41.5 Å². The molecule has 0 spiro atoms. The third-order valence-electron chi connectivity index (χ3n) is 4.86.